The minimum absolute atomic E-state index is 0.0296. The molecule has 1 aromatic heterocycles. The van der Waals surface area contributed by atoms with Crippen molar-refractivity contribution in [3.8, 4) is 5.69 Å². The molecule has 36 heavy (non-hydrogen) atoms. The highest BCUT2D eigenvalue weighted by Crippen LogP contribution is 2.33. The van der Waals surface area contributed by atoms with Gasteiger partial charge in [0.15, 0.2) is 0 Å². The standard InChI is InChI=1S/C25H18F3N5O3/c1-14-4-3-5-19-21(14)23(35)32(22(19)34)20-11-6-16(12-15(20)2)13-31-24(36)33(30-29-31)18-9-7-17(8-10-18)25(26,27)28/h3-12H,13H2,1-2H3. The Kier molecular flexibility index (Phi) is 5.35. The largest absolute Gasteiger partial charge is 0.416 e. The van der Waals surface area contributed by atoms with Crippen LogP contribution in [0.1, 0.15) is 43.0 Å². The van der Waals surface area contributed by atoms with E-state index in [1.807, 2.05) is 0 Å². The maximum atomic E-state index is 13.0. The maximum Gasteiger partial charge on any atom is 0.416 e. The monoisotopic (exact) mass is 493 g/mol. The van der Waals surface area contributed by atoms with E-state index in [9.17, 15) is 27.6 Å². The van der Waals surface area contributed by atoms with Crippen molar-refractivity contribution in [2.75, 3.05) is 4.90 Å². The number of hydrogen-bond acceptors (Lipinski definition) is 5. The van der Waals surface area contributed by atoms with Crippen molar-refractivity contribution in [2.45, 2.75) is 26.6 Å². The summed E-state index contributed by atoms with van der Waals surface area (Å²) in [6.07, 6.45) is -4.49. The van der Waals surface area contributed by atoms with Gasteiger partial charge < -0.3 is 0 Å². The molecule has 1 aliphatic heterocycles. The Morgan fingerprint density at radius 2 is 1.56 bits per heavy atom. The van der Waals surface area contributed by atoms with Crippen LogP contribution in [0.3, 0.4) is 0 Å². The first kappa shape index (κ1) is 23.2. The van der Waals surface area contributed by atoms with Gasteiger partial charge in [-0.1, -0.05) is 24.3 Å². The zero-order chi connectivity index (χ0) is 25.8. The number of tetrazole rings is 1. The first-order valence-electron chi connectivity index (χ1n) is 10.8. The number of halogens is 3. The van der Waals surface area contributed by atoms with Gasteiger partial charge in [0.1, 0.15) is 0 Å². The Bertz CT molecular complexity index is 1590. The SMILES string of the molecule is Cc1cc(Cn2nnn(-c3ccc(C(F)(F)F)cc3)c2=O)ccc1N1C(=O)c2cccc(C)c2C1=O. The summed E-state index contributed by atoms with van der Waals surface area (Å²) < 4.78 is 40.4. The molecule has 0 unspecified atom stereocenters. The lowest BCUT2D eigenvalue weighted by atomic mass is 10.0. The molecule has 2 heterocycles. The maximum absolute atomic E-state index is 13.0. The van der Waals surface area contributed by atoms with Crippen LogP contribution >= 0.6 is 0 Å². The predicted molar refractivity (Wildman–Crippen MR) is 123 cm³/mol. The number of benzene rings is 3. The first-order chi connectivity index (χ1) is 17.1. The van der Waals surface area contributed by atoms with Crippen LogP contribution in [-0.2, 0) is 12.7 Å². The number of carbonyl (C=O) groups is 2. The summed E-state index contributed by atoms with van der Waals surface area (Å²) in [6.45, 7) is 3.55. The number of amides is 2. The van der Waals surface area contributed by atoms with E-state index in [-0.39, 0.29) is 18.1 Å². The Labute approximate surface area is 202 Å². The molecule has 5 rings (SSSR count). The summed E-state index contributed by atoms with van der Waals surface area (Å²) in [5.41, 5.74) is 1.87. The number of rotatable bonds is 4. The van der Waals surface area contributed by atoms with Crippen molar-refractivity contribution >= 4 is 17.5 Å². The van der Waals surface area contributed by atoms with Crippen LogP contribution in [0.15, 0.2) is 65.5 Å². The van der Waals surface area contributed by atoms with Crippen molar-refractivity contribution in [2.24, 2.45) is 0 Å². The van der Waals surface area contributed by atoms with E-state index in [2.05, 4.69) is 10.4 Å². The van der Waals surface area contributed by atoms with Gasteiger partial charge in [0, 0.05) is 0 Å². The molecule has 0 saturated heterocycles. The number of anilines is 1. The lowest BCUT2D eigenvalue weighted by molar-refractivity contribution is -0.137. The van der Waals surface area contributed by atoms with Crippen LogP contribution in [0.25, 0.3) is 5.69 Å². The zero-order valence-electron chi connectivity index (χ0n) is 19.1. The normalized spacial score (nSPS) is 13.4. The molecule has 4 aromatic rings. The van der Waals surface area contributed by atoms with Gasteiger partial charge in [-0.15, -0.1) is 0 Å². The van der Waals surface area contributed by atoms with E-state index in [1.54, 1.807) is 50.2 Å². The molecule has 0 spiro atoms. The molecule has 0 radical (unpaired) electrons. The van der Waals surface area contributed by atoms with Gasteiger partial charge in [-0.3, -0.25) is 9.59 Å². The number of imide groups is 1. The molecule has 182 valence electrons. The molecule has 3 aromatic carbocycles. The number of nitrogens with zero attached hydrogens (tertiary/aromatic N) is 5. The quantitative estimate of drug-likeness (QED) is 0.402. The summed E-state index contributed by atoms with van der Waals surface area (Å²) in [7, 11) is 0. The fourth-order valence-electron chi connectivity index (χ4n) is 4.24. The van der Waals surface area contributed by atoms with Gasteiger partial charge in [0.2, 0.25) is 0 Å². The minimum atomic E-state index is -4.49. The summed E-state index contributed by atoms with van der Waals surface area (Å²) in [5, 5.41) is 7.59. The van der Waals surface area contributed by atoms with Gasteiger partial charge in [-0.2, -0.15) is 22.5 Å². The van der Waals surface area contributed by atoms with Crippen LogP contribution in [0.5, 0.6) is 0 Å². The molecule has 1 aliphatic rings. The number of fused-ring (bicyclic) bond motifs is 1. The van der Waals surface area contributed by atoms with Crippen molar-refractivity contribution in [3.05, 3.63) is 105 Å². The molecule has 0 aliphatic carbocycles. The summed E-state index contributed by atoms with van der Waals surface area (Å²) in [6, 6.07) is 14.2. The molecule has 8 nitrogen and oxygen atoms in total. The minimum Gasteiger partial charge on any atom is -0.268 e. The summed E-state index contributed by atoms with van der Waals surface area (Å²) >= 11 is 0. The molecular weight excluding hydrogens is 475 g/mol. The number of aryl methyl sites for hydroxylation is 2. The smallest absolute Gasteiger partial charge is 0.268 e. The van der Waals surface area contributed by atoms with Gasteiger partial charge in [0.25, 0.3) is 11.8 Å². The highest BCUT2D eigenvalue weighted by atomic mass is 19.4. The van der Waals surface area contributed by atoms with Crippen molar-refractivity contribution in [1.82, 2.24) is 19.8 Å². The molecule has 11 heteroatoms. The van der Waals surface area contributed by atoms with Gasteiger partial charge in [0.05, 0.1) is 34.6 Å². The second kappa shape index (κ2) is 8.29. The van der Waals surface area contributed by atoms with Crippen LogP contribution in [0, 0.1) is 13.8 Å². The van der Waals surface area contributed by atoms with Crippen LogP contribution < -0.4 is 10.6 Å². The van der Waals surface area contributed by atoms with E-state index < -0.39 is 23.3 Å². The van der Waals surface area contributed by atoms with E-state index in [1.165, 1.54) is 0 Å². The van der Waals surface area contributed by atoms with Crippen molar-refractivity contribution in [3.63, 3.8) is 0 Å². The topological polar surface area (TPSA) is 90.1 Å². The van der Waals surface area contributed by atoms with Gasteiger partial charge in [-0.05, 0) is 77.4 Å². The molecule has 0 fully saturated rings. The van der Waals surface area contributed by atoms with Gasteiger partial charge >= 0.3 is 11.9 Å². The second-order valence-electron chi connectivity index (χ2n) is 8.44. The van der Waals surface area contributed by atoms with Crippen molar-refractivity contribution < 1.29 is 22.8 Å². The Balaban J connectivity index is 1.39. The van der Waals surface area contributed by atoms with E-state index >= 15 is 0 Å². The third kappa shape index (κ3) is 3.78. The van der Waals surface area contributed by atoms with Crippen molar-refractivity contribution in [1.29, 1.82) is 0 Å². The van der Waals surface area contributed by atoms with Gasteiger partial charge in [-0.25, -0.2) is 9.69 Å². The van der Waals surface area contributed by atoms with E-state index in [4.69, 9.17) is 0 Å². The fourth-order valence-corrected chi connectivity index (χ4v) is 4.24. The molecule has 0 N–H and O–H groups in total. The highest BCUT2D eigenvalue weighted by molar-refractivity contribution is 6.35. The number of alkyl halides is 3. The summed E-state index contributed by atoms with van der Waals surface area (Å²) in [5.74, 6) is -0.787. The van der Waals surface area contributed by atoms with E-state index in [0.29, 0.717) is 27.9 Å². The number of hydrogen-bond donors (Lipinski definition) is 0. The third-order valence-corrected chi connectivity index (χ3v) is 6.04. The highest BCUT2D eigenvalue weighted by Gasteiger charge is 2.38. The summed E-state index contributed by atoms with van der Waals surface area (Å²) in [4.78, 5) is 39.8. The molecule has 2 amide bonds. The average Bonchev–Trinajstić information content (AvgIpc) is 3.31. The second-order valence-corrected chi connectivity index (χ2v) is 8.44. The molecular formula is C25H18F3N5O3. The fraction of sp³-hybridized carbons (Fsp3) is 0.160. The Hall–Kier alpha value is -4.54. The lowest BCUT2D eigenvalue weighted by Gasteiger charge is -2.17. The van der Waals surface area contributed by atoms with Crippen LogP contribution in [0.4, 0.5) is 18.9 Å². The Morgan fingerprint density at radius 3 is 2.19 bits per heavy atom. The molecule has 0 atom stereocenters. The third-order valence-electron chi connectivity index (χ3n) is 6.04. The first-order valence-corrected chi connectivity index (χ1v) is 10.8. The predicted octanol–water partition coefficient (Wildman–Crippen LogP) is 3.91. The van der Waals surface area contributed by atoms with E-state index in [0.717, 1.165) is 44.1 Å². The average molecular weight is 493 g/mol. The number of carbonyl (C=O) groups excluding carboxylic acids is 2. The van der Waals surface area contributed by atoms with Crippen LogP contribution in [0.2, 0.25) is 0 Å². The van der Waals surface area contributed by atoms with Crippen LogP contribution in [-0.4, -0.2) is 31.6 Å². The molecule has 0 saturated carbocycles. The number of aromatic nitrogens is 4. The molecule has 0 bridgehead atoms. The lowest BCUT2D eigenvalue weighted by Crippen LogP contribution is -2.30. The zero-order valence-corrected chi connectivity index (χ0v) is 19.1. The Morgan fingerprint density at radius 1 is 0.833 bits per heavy atom.